The molecule has 1 fully saturated rings. The number of primary amides is 1. The number of guanidine groups is 1. The van der Waals surface area contributed by atoms with Crippen LogP contribution in [0.15, 0.2) is 24.3 Å². The van der Waals surface area contributed by atoms with Crippen molar-refractivity contribution < 1.29 is 24.0 Å². The molecule has 1 aliphatic heterocycles. The van der Waals surface area contributed by atoms with Crippen molar-refractivity contribution in [3.63, 3.8) is 0 Å². The van der Waals surface area contributed by atoms with Crippen molar-refractivity contribution in [3.8, 4) is 0 Å². The van der Waals surface area contributed by atoms with Crippen molar-refractivity contribution in [2.24, 2.45) is 17.2 Å². The molecule has 4 amide bonds. The third kappa shape index (κ3) is 8.57. The minimum absolute atomic E-state index is 0.0377. The van der Waals surface area contributed by atoms with Crippen LogP contribution in [0.2, 0.25) is 0 Å². The van der Waals surface area contributed by atoms with Crippen molar-refractivity contribution in [1.29, 1.82) is 10.8 Å². The fourth-order valence-corrected chi connectivity index (χ4v) is 4.24. The highest BCUT2D eigenvalue weighted by atomic mass is 16.2. The number of hydrogen-bond donors (Lipinski definition) is 8. The maximum absolute atomic E-state index is 13.3. The Morgan fingerprint density at radius 2 is 1.68 bits per heavy atom. The predicted octanol–water partition coefficient (Wildman–Crippen LogP) is -2.19. The third-order valence-corrected chi connectivity index (χ3v) is 6.08. The number of carbonyl (C=O) groups is 5. The number of nitrogens with two attached hydrogens (primary N) is 3. The first-order valence-corrected chi connectivity index (χ1v) is 12.1. The van der Waals surface area contributed by atoms with Crippen molar-refractivity contribution in [2.45, 2.75) is 57.2 Å². The van der Waals surface area contributed by atoms with Gasteiger partial charge in [-0.3, -0.25) is 34.8 Å². The van der Waals surface area contributed by atoms with E-state index < -0.39 is 47.5 Å². The van der Waals surface area contributed by atoms with Crippen LogP contribution < -0.4 is 33.2 Å². The highest BCUT2D eigenvalue weighted by Gasteiger charge is 2.39. The quantitative estimate of drug-likeness (QED) is 0.0601. The average Bonchev–Trinajstić information content (AvgIpc) is 3.34. The summed E-state index contributed by atoms with van der Waals surface area (Å²) in [6.07, 6.45) is 1.51. The standard InChI is InChI=1S/C24H35N9O5/c1-13(34)31-16(4-2-10-30-24(28)29)23(38)33-11-3-5-18(33)22(37)32-17(19(35)21(27)36)12-14-6-8-15(9-7-14)20(25)26/h6-9,16-18H,2-5,10-12H2,1H3,(H3,25,26)(H2,27,36)(H,31,34)(H,32,37)(H4,28,29,30)/t16-,17?,18+/m1/s1. The van der Waals surface area contributed by atoms with Crippen molar-refractivity contribution >= 4 is 41.2 Å². The van der Waals surface area contributed by atoms with Gasteiger partial charge in [-0.2, -0.15) is 0 Å². The Labute approximate surface area is 220 Å². The normalized spacial score (nSPS) is 16.1. The van der Waals surface area contributed by atoms with E-state index in [9.17, 15) is 24.0 Å². The minimum Gasteiger partial charge on any atom is -0.384 e. The molecule has 1 aliphatic rings. The van der Waals surface area contributed by atoms with Gasteiger partial charge in [-0.05, 0) is 31.2 Å². The molecular formula is C24H35N9O5. The monoisotopic (exact) mass is 529 g/mol. The van der Waals surface area contributed by atoms with Gasteiger partial charge >= 0.3 is 0 Å². The summed E-state index contributed by atoms with van der Waals surface area (Å²) in [5.74, 6) is -4.01. The fourth-order valence-electron chi connectivity index (χ4n) is 4.24. The number of nitrogens with zero attached hydrogens (tertiary/aromatic N) is 1. The van der Waals surface area contributed by atoms with E-state index in [4.69, 9.17) is 28.0 Å². The molecule has 0 aliphatic carbocycles. The Bertz CT molecular complexity index is 1090. The number of ketones is 1. The first-order valence-electron chi connectivity index (χ1n) is 12.1. The number of carbonyl (C=O) groups excluding carboxylic acids is 5. The molecule has 38 heavy (non-hydrogen) atoms. The van der Waals surface area contributed by atoms with Gasteiger partial charge in [-0.1, -0.05) is 24.3 Å². The van der Waals surface area contributed by atoms with Crippen LogP contribution in [0.3, 0.4) is 0 Å². The molecule has 206 valence electrons. The van der Waals surface area contributed by atoms with Gasteiger partial charge in [0.25, 0.3) is 5.91 Å². The molecule has 14 heteroatoms. The maximum Gasteiger partial charge on any atom is 0.287 e. The molecular weight excluding hydrogens is 494 g/mol. The summed E-state index contributed by atoms with van der Waals surface area (Å²) in [4.78, 5) is 63.8. The Morgan fingerprint density at radius 1 is 1.03 bits per heavy atom. The van der Waals surface area contributed by atoms with E-state index in [-0.39, 0.29) is 31.2 Å². The van der Waals surface area contributed by atoms with E-state index in [2.05, 4.69) is 16.0 Å². The van der Waals surface area contributed by atoms with E-state index >= 15 is 0 Å². The molecule has 0 bridgehead atoms. The number of rotatable bonds is 13. The molecule has 0 spiro atoms. The number of hydrogen-bond acceptors (Lipinski definition) is 7. The van der Waals surface area contributed by atoms with E-state index in [1.165, 1.54) is 11.8 Å². The summed E-state index contributed by atoms with van der Waals surface area (Å²) in [5.41, 5.74) is 17.0. The molecule has 2 rings (SSSR count). The molecule has 1 unspecified atom stereocenters. The van der Waals surface area contributed by atoms with E-state index in [1.807, 2.05) is 0 Å². The molecule has 3 atom stereocenters. The maximum atomic E-state index is 13.3. The van der Waals surface area contributed by atoms with Gasteiger partial charge in [0.2, 0.25) is 23.5 Å². The zero-order valence-corrected chi connectivity index (χ0v) is 21.2. The summed E-state index contributed by atoms with van der Waals surface area (Å²) in [5, 5.41) is 22.5. The highest BCUT2D eigenvalue weighted by molar-refractivity contribution is 6.38. The molecule has 0 aromatic heterocycles. The second-order valence-corrected chi connectivity index (χ2v) is 9.03. The van der Waals surface area contributed by atoms with Crippen molar-refractivity contribution in [1.82, 2.24) is 20.9 Å². The smallest absolute Gasteiger partial charge is 0.287 e. The molecule has 1 aromatic rings. The Balaban J connectivity index is 2.15. The number of amides is 4. The second kappa shape index (κ2) is 13.7. The zero-order valence-electron chi connectivity index (χ0n) is 21.2. The third-order valence-electron chi connectivity index (χ3n) is 6.08. The molecule has 11 N–H and O–H groups in total. The van der Waals surface area contributed by atoms with Gasteiger partial charge in [0.05, 0.1) is 0 Å². The molecule has 0 radical (unpaired) electrons. The van der Waals surface area contributed by atoms with Crippen LogP contribution in [0.25, 0.3) is 0 Å². The second-order valence-electron chi connectivity index (χ2n) is 9.03. The molecule has 1 heterocycles. The predicted molar refractivity (Wildman–Crippen MR) is 139 cm³/mol. The SMILES string of the molecule is CC(=O)N[C@H](CCCNC(=N)N)C(=O)N1CCC[C@H]1C(=O)NC(Cc1ccc(C(=N)N)cc1)C(=O)C(N)=O. The lowest BCUT2D eigenvalue weighted by atomic mass is 10.00. The number of likely N-dealkylation sites (tertiary alicyclic amines) is 1. The van der Waals surface area contributed by atoms with Gasteiger partial charge in [0.1, 0.15) is 24.0 Å². The summed E-state index contributed by atoms with van der Waals surface area (Å²) < 4.78 is 0. The molecule has 1 saturated heterocycles. The number of amidine groups is 1. The van der Waals surface area contributed by atoms with E-state index in [0.29, 0.717) is 36.9 Å². The van der Waals surface area contributed by atoms with Gasteiger partial charge in [-0.15, -0.1) is 0 Å². The molecule has 14 nitrogen and oxygen atoms in total. The summed E-state index contributed by atoms with van der Waals surface area (Å²) in [7, 11) is 0. The van der Waals surface area contributed by atoms with Gasteiger partial charge in [-0.25, -0.2) is 0 Å². The van der Waals surface area contributed by atoms with Crippen molar-refractivity contribution in [3.05, 3.63) is 35.4 Å². The van der Waals surface area contributed by atoms with Crippen molar-refractivity contribution in [2.75, 3.05) is 13.1 Å². The summed E-state index contributed by atoms with van der Waals surface area (Å²) >= 11 is 0. The summed E-state index contributed by atoms with van der Waals surface area (Å²) in [6, 6.07) is 3.34. The van der Waals surface area contributed by atoms with E-state index in [1.54, 1.807) is 24.3 Å². The number of nitrogen functional groups attached to an aromatic ring is 1. The first kappa shape index (κ1) is 29.7. The number of nitrogens with one attached hydrogen (secondary N) is 5. The number of Topliss-reactive ketones (excluding diaryl/α,β-unsaturated/α-hetero) is 1. The van der Waals surface area contributed by atoms with Crippen LogP contribution in [0.5, 0.6) is 0 Å². The molecule has 0 saturated carbocycles. The van der Waals surface area contributed by atoms with Crippen LogP contribution in [-0.2, 0) is 30.4 Å². The fraction of sp³-hybridized carbons (Fsp3) is 0.458. The molecule has 1 aromatic carbocycles. The summed E-state index contributed by atoms with van der Waals surface area (Å²) in [6.45, 7) is 1.89. The minimum atomic E-state index is -1.26. The largest absolute Gasteiger partial charge is 0.384 e. The van der Waals surface area contributed by atoms with Gasteiger partial charge < -0.3 is 38.1 Å². The van der Waals surface area contributed by atoms with Crippen LogP contribution in [-0.4, -0.2) is 77.3 Å². The zero-order chi connectivity index (χ0) is 28.4. The van der Waals surface area contributed by atoms with Gasteiger partial charge in [0.15, 0.2) is 5.96 Å². The lowest BCUT2D eigenvalue weighted by Crippen LogP contribution is -2.56. The van der Waals surface area contributed by atoms with Gasteiger partial charge in [0, 0.05) is 32.0 Å². The Morgan fingerprint density at radius 3 is 2.24 bits per heavy atom. The van der Waals surface area contributed by atoms with Crippen LogP contribution in [0.1, 0.15) is 43.7 Å². The lowest BCUT2D eigenvalue weighted by molar-refractivity contribution is -0.143. The topological polar surface area (TPSA) is 250 Å². The van der Waals surface area contributed by atoms with E-state index in [0.717, 1.165) is 0 Å². The Kier molecular flexibility index (Phi) is 10.7. The van der Waals surface area contributed by atoms with Crippen LogP contribution in [0, 0.1) is 10.8 Å². The van der Waals surface area contributed by atoms with Crippen LogP contribution in [0.4, 0.5) is 0 Å². The lowest BCUT2D eigenvalue weighted by Gasteiger charge is -2.29. The van der Waals surface area contributed by atoms with Crippen LogP contribution >= 0.6 is 0 Å². The Hall–Kier alpha value is -4.49. The average molecular weight is 530 g/mol. The number of benzene rings is 1. The highest BCUT2D eigenvalue weighted by Crippen LogP contribution is 2.20. The first-order chi connectivity index (χ1) is 17.9.